The van der Waals surface area contributed by atoms with Gasteiger partial charge in [-0.25, -0.2) is 4.98 Å². The van der Waals surface area contributed by atoms with E-state index in [9.17, 15) is 4.79 Å². The number of amides is 1. The van der Waals surface area contributed by atoms with E-state index in [1.807, 2.05) is 19.9 Å². The Kier molecular flexibility index (Phi) is 10.3. The lowest BCUT2D eigenvalue weighted by atomic mass is 9.96. The number of rotatable bonds is 13. The Hall–Kier alpha value is -1.62. The maximum Gasteiger partial charge on any atom is 0.256 e. The molecule has 0 radical (unpaired) electrons. The highest BCUT2D eigenvalue weighted by Crippen LogP contribution is 2.24. The van der Waals surface area contributed by atoms with Crippen LogP contribution in [0.1, 0.15) is 78.2 Å². The van der Waals surface area contributed by atoms with Crippen LogP contribution in [0.2, 0.25) is 0 Å². The molecule has 1 amide bonds. The van der Waals surface area contributed by atoms with E-state index in [1.165, 1.54) is 0 Å². The van der Waals surface area contributed by atoms with E-state index >= 15 is 0 Å². The smallest absolute Gasteiger partial charge is 0.256 e. The lowest BCUT2D eigenvalue weighted by molar-refractivity contribution is -0.140. The summed E-state index contributed by atoms with van der Waals surface area (Å²) in [5.41, 5.74) is 0.785. The molecule has 0 unspecified atom stereocenters. The third-order valence-electron chi connectivity index (χ3n) is 4.39. The molecule has 0 fully saturated rings. The van der Waals surface area contributed by atoms with Gasteiger partial charge in [-0.3, -0.25) is 4.79 Å². The van der Waals surface area contributed by atoms with Gasteiger partial charge in [-0.2, -0.15) is 0 Å². The average Bonchev–Trinajstić information content (AvgIpc) is 2.62. The number of unbranched alkanes of at least 4 members (excludes halogenated alkanes) is 3. The van der Waals surface area contributed by atoms with Crippen LogP contribution in [0, 0.1) is 6.92 Å². The first kappa shape index (κ1) is 22.4. The number of hydrogen-bond acceptors (Lipinski definition) is 4. The Morgan fingerprint density at radius 1 is 1.12 bits per heavy atom. The summed E-state index contributed by atoms with van der Waals surface area (Å²) in [6.07, 6.45) is 8.55. The molecule has 0 aromatic carbocycles. The van der Waals surface area contributed by atoms with Gasteiger partial charge in [-0.05, 0) is 39.2 Å². The topological polar surface area (TPSA) is 60.5 Å². The summed E-state index contributed by atoms with van der Waals surface area (Å²) < 4.78 is 11.6. The van der Waals surface area contributed by atoms with Gasteiger partial charge in [0.05, 0.1) is 18.5 Å². The quantitative estimate of drug-likeness (QED) is 0.484. The maximum atomic E-state index is 12.8. The SMILES string of the molecule is CCCCC[C@](C)(OCCC)C(=O)Nc1cnc(OCCCC)c(C)c1. The lowest BCUT2D eigenvalue weighted by Crippen LogP contribution is -2.43. The van der Waals surface area contributed by atoms with Gasteiger partial charge >= 0.3 is 0 Å². The van der Waals surface area contributed by atoms with Crippen LogP contribution in [0.25, 0.3) is 0 Å². The van der Waals surface area contributed by atoms with E-state index in [1.54, 1.807) is 6.20 Å². The van der Waals surface area contributed by atoms with Crippen molar-refractivity contribution in [3.05, 3.63) is 17.8 Å². The molecule has 1 atom stereocenters. The second kappa shape index (κ2) is 11.9. The molecule has 0 saturated heterocycles. The Morgan fingerprint density at radius 3 is 2.46 bits per heavy atom. The second-order valence-corrected chi connectivity index (χ2v) is 7.04. The number of pyridine rings is 1. The lowest BCUT2D eigenvalue weighted by Gasteiger charge is -2.28. The molecule has 1 N–H and O–H groups in total. The fourth-order valence-corrected chi connectivity index (χ4v) is 2.65. The van der Waals surface area contributed by atoms with E-state index in [2.05, 4.69) is 31.1 Å². The van der Waals surface area contributed by atoms with Crippen LogP contribution in [0.15, 0.2) is 12.3 Å². The predicted octanol–water partition coefficient (Wildman–Crippen LogP) is 5.27. The molecule has 0 spiro atoms. The number of nitrogens with zero attached hydrogens (tertiary/aromatic N) is 1. The Balaban J connectivity index is 2.76. The van der Waals surface area contributed by atoms with E-state index < -0.39 is 5.60 Å². The van der Waals surface area contributed by atoms with Crippen LogP contribution < -0.4 is 10.1 Å². The van der Waals surface area contributed by atoms with Gasteiger partial charge in [0, 0.05) is 12.2 Å². The van der Waals surface area contributed by atoms with Gasteiger partial charge < -0.3 is 14.8 Å². The third-order valence-corrected chi connectivity index (χ3v) is 4.39. The highest BCUT2D eigenvalue weighted by Gasteiger charge is 2.33. The second-order valence-electron chi connectivity index (χ2n) is 7.04. The van der Waals surface area contributed by atoms with Gasteiger partial charge in [-0.15, -0.1) is 0 Å². The third kappa shape index (κ3) is 7.32. The monoisotopic (exact) mass is 364 g/mol. The number of carbonyl (C=O) groups is 1. The van der Waals surface area contributed by atoms with Crippen molar-refractivity contribution >= 4 is 11.6 Å². The minimum atomic E-state index is -0.810. The summed E-state index contributed by atoms with van der Waals surface area (Å²) in [7, 11) is 0. The average molecular weight is 365 g/mol. The van der Waals surface area contributed by atoms with Crippen LogP contribution in [0.5, 0.6) is 5.88 Å². The molecule has 1 rings (SSSR count). The van der Waals surface area contributed by atoms with Crippen LogP contribution in [0.3, 0.4) is 0 Å². The van der Waals surface area contributed by atoms with Crippen molar-refractivity contribution in [2.45, 2.75) is 85.2 Å². The highest BCUT2D eigenvalue weighted by molar-refractivity contribution is 5.97. The predicted molar refractivity (Wildman–Crippen MR) is 107 cm³/mol. The van der Waals surface area contributed by atoms with Gasteiger partial charge in [0.25, 0.3) is 5.91 Å². The zero-order valence-corrected chi connectivity index (χ0v) is 17.2. The Morgan fingerprint density at radius 2 is 1.85 bits per heavy atom. The number of nitrogens with one attached hydrogen (secondary N) is 1. The molecular weight excluding hydrogens is 328 g/mol. The van der Waals surface area contributed by atoms with Crippen molar-refractivity contribution in [3.63, 3.8) is 0 Å². The molecule has 0 bridgehead atoms. The number of hydrogen-bond donors (Lipinski definition) is 1. The summed E-state index contributed by atoms with van der Waals surface area (Å²) in [6.45, 7) is 11.4. The minimum Gasteiger partial charge on any atom is -0.477 e. The van der Waals surface area contributed by atoms with Gasteiger partial charge in [0.15, 0.2) is 0 Å². The molecule has 26 heavy (non-hydrogen) atoms. The molecule has 1 heterocycles. The Bertz CT molecular complexity index is 548. The largest absolute Gasteiger partial charge is 0.477 e. The zero-order valence-electron chi connectivity index (χ0n) is 17.2. The molecule has 0 saturated carbocycles. The Labute approximate surface area is 158 Å². The normalized spacial score (nSPS) is 13.3. The number of carbonyl (C=O) groups excluding carboxylic acids is 1. The molecule has 148 valence electrons. The number of ether oxygens (including phenoxy) is 2. The molecule has 0 aliphatic rings. The van der Waals surface area contributed by atoms with E-state index in [4.69, 9.17) is 9.47 Å². The van der Waals surface area contributed by atoms with Crippen molar-refractivity contribution < 1.29 is 14.3 Å². The molecule has 1 aromatic rings. The van der Waals surface area contributed by atoms with Crippen molar-refractivity contribution in [3.8, 4) is 5.88 Å². The minimum absolute atomic E-state index is 0.108. The summed E-state index contributed by atoms with van der Waals surface area (Å²) in [4.78, 5) is 17.2. The number of aryl methyl sites for hydroxylation is 1. The maximum absolute atomic E-state index is 12.8. The molecule has 0 aliphatic carbocycles. The molecule has 5 heteroatoms. The van der Waals surface area contributed by atoms with E-state index in [-0.39, 0.29) is 5.91 Å². The van der Waals surface area contributed by atoms with Crippen molar-refractivity contribution in [1.82, 2.24) is 4.98 Å². The van der Waals surface area contributed by atoms with E-state index in [0.29, 0.717) is 24.8 Å². The van der Waals surface area contributed by atoms with Crippen LogP contribution in [-0.2, 0) is 9.53 Å². The summed E-state index contributed by atoms with van der Waals surface area (Å²) in [6, 6.07) is 1.90. The van der Waals surface area contributed by atoms with Crippen molar-refractivity contribution in [2.24, 2.45) is 0 Å². The molecule has 1 aromatic heterocycles. The van der Waals surface area contributed by atoms with Crippen molar-refractivity contribution in [2.75, 3.05) is 18.5 Å². The van der Waals surface area contributed by atoms with Gasteiger partial charge in [0.1, 0.15) is 5.60 Å². The highest BCUT2D eigenvalue weighted by atomic mass is 16.5. The van der Waals surface area contributed by atoms with Crippen LogP contribution in [-0.4, -0.2) is 29.7 Å². The molecule has 0 aliphatic heterocycles. The van der Waals surface area contributed by atoms with E-state index in [0.717, 1.165) is 50.5 Å². The first-order valence-electron chi connectivity index (χ1n) is 10.0. The summed E-state index contributed by atoms with van der Waals surface area (Å²) in [5.74, 6) is 0.521. The summed E-state index contributed by atoms with van der Waals surface area (Å²) in [5, 5.41) is 2.97. The first-order valence-corrected chi connectivity index (χ1v) is 10.0. The fraction of sp³-hybridized carbons (Fsp3) is 0.714. The van der Waals surface area contributed by atoms with Gasteiger partial charge in [-0.1, -0.05) is 46.5 Å². The van der Waals surface area contributed by atoms with Crippen LogP contribution in [0.4, 0.5) is 5.69 Å². The van der Waals surface area contributed by atoms with Gasteiger partial charge in [0.2, 0.25) is 5.88 Å². The summed E-state index contributed by atoms with van der Waals surface area (Å²) >= 11 is 0. The van der Waals surface area contributed by atoms with Crippen LogP contribution >= 0.6 is 0 Å². The number of anilines is 1. The van der Waals surface area contributed by atoms with Crippen molar-refractivity contribution in [1.29, 1.82) is 0 Å². The molecule has 5 nitrogen and oxygen atoms in total. The standard InChI is InChI=1S/C21H36N2O3/c1-6-9-11-12-21(5,26-13-8-3)20(24)23-18-15-17(4)19(22-16-18)25-14-10-7-2/h15-16H,6-14H2,1-5H3,(H,23,24)/t21-/m0/s1. The number of aromatic nitrogens is 1. The fourth-order valence-electron chi connectivity index (χ4n) is 2.65. The zero-order chi connectivity index (χ0) is 19.4. The molecular formula is C21H36N2O3. The first-order chi connectivity index (χ1) is 12.5.